The van der Waals surface area contributed by atoms with E-state index in [9.17, 15) is 0 Å². The second kappa shape index (κ2) is 6.06. The summed E-state index contributed by atoms with van der Waals surface area (Å²) in [5.41, 5.74) is 3.04. The number of nitrogens with one attached hydrogen (secondary N) is 1. The predicted octanol–water partition coefficient (Wildman–Crippen LogP) is 3.52. The summed E-state index contributed by atoms with van der Waals surface area (Å²) in [6, 6.07) is 9.39. The molecule has 2 rings (SSSR count). The van der Waals surface area contributed by atoms with Crippen LogP contribution in [0.5, 0.6) is 0 Å². The summed E-state index contributed by atoms with van der Waals surface area (Å²) < 4.78 is 0. The third-order valence-corrected chi connectivity index (χ3v) is 4.81. The van der Waals surface area contributed by atoms with Crippen LogP contribution in [0, 0.1) is 6.92 Å². The lowest BCUT2D eigenvalue weighted by molar-refractivity contribution is 0.0594. The molecule has 1 atom stereocenters. The predicted molar refractivity (Wildman–Crippen MR) is 82.5 cm³/mol. The Hall–Kier alpha value is -0.860. The summed E-state index contributed by atoms with van der Waals surface area (Å²) in [4.78, 5) is 2.45. The molecular formula is C17H28N2. The molecule has 0 aliphatic heterocycles. The van der Waals surface area contributed by atoms with Crippen molar-refractivity contribution in [3.63, 3.8) is 0 Å². The van der Waals surface area contributed by atoms with Gasteiger partial charge in [-0.1, -0.05) is 49.1 Å². The Bertz CT molecular complexity index is 405. The maximum atomic E-state index is 3.60. The highest BCUT2D eigenvalue weighted by Gasteiger charge is 2.41. The van der Waals surface area contributed by atoms with Gasteiger partial charge in [-0.05, 0) is 46.5 Å². The summed E-state index contributed by atoms with van der Waals surface area (Å²) in [6.45, 7) is 2.18. The molecule has 0 radical (unpaired) electrons. The smallest absolute Gasteiger partial charge is 0.0504 e. The Morgan fingerprint density at radius 2 is 1.84 bits per heavy atom. The van der Waals surface area contributed by atoms with Crippen molar-refractivity contribution >= 4 is 0 Å². The van der Waals surface area contributed by atoms with Crippen LogP contribution >= 0.6 is 0 Å². The summed E-state index contributed by atoms with van der Waals surface area (Å²) >= 11 is 0. The van der Waals surface area contributed by atoms with E-state index in [-0.39, 0.29) is 5.54 Å². The fraction of sp³-hybridized carbons (Fsp3) is 0.647. The lowest BCUT2D eigenvalue weighted by Gasteiger charge is -2.48. The molecule has 1 N–H and O–H groups in total. The van der Waals surface area contributed by atoms with Crippen LogP contribution < -0.4 is 5.32 Å². The van der Waals surface area contributed by atoms with Gasteiger partial charge in [0.25, 0.3) is 0 Å². The van der Waals surface area contributed by atoms with E-state index in [0.717, 1.165) is 0 Å². The van der Waals surface area contributed by atoms with Crippen LogP contribution in [0.3, 0.4) is 0 Å². The third kappa shape index (κ3) is 2.85. The molecule has 2 nitrogen and oxygen atoms in total. The normalized spacial score (nSPS) is 20.5. The zero-order valence-corrected chi connectivity index (χ0v) is 12.9. The molecule has 0 aromatic heterocycles. The van der Waals surface area contributed by atoms with Gasteiger partial charge in [0.15, 0.2) is 0 Å². The molecule has 0 bridgehead atoms. The summed E-state index contributed by atoms with van der Waals surface area (Å²) in [5, 5.41) is 3.60. The van der Waals surface area contributed by atoms with Gasteiger partial charge in [0.2, 0.25) is 0 Å². The molecule has 1 aromatic rings. The molecule has 1 saturated carbocycles. The molecule has 0 saturated heterocycles. The number of nitrogens with zero attached hydrogens (tertiary/aromatic N) is 1. The van der Waals surface area contributed by atoms with E-state index in [4.69, 9.17) is 0 Å². The molecule has 1 unspecified atom stereocenters. The molecule has 1 aliphatic carbocycles. The van der Waals surface area contributed by atoms with Crippen LogP contribution in [-0.4, -0.2) is 31.6 Å². The number of hydrogen-bond acceptors (Lipinski definition) is 2. The molecule has 2 heteroatoms. The summed E-state index contributed by atoms with van der Waals surface area (Å²) in [6.07, 6.45) is 6.67. The maximum absolute atomic E-state index is 3.60. The number of benzene rings is 1. The zero-order valence-electron chi connectivity index (χ0n) is 12.9. The van der Waals surface area contributed by atoms with Crippen LogP contribution in [0.15, 0.2) is 24.3 Å². The van der Waals surface area contributed by atoms with Gasteiger partial charge in [-0.3, -0.25) is 0 Å². The van der Waals surface area contributed by atoms with Crippen LogP contribution in [0.25, 0.3) is 0 Å². The number of hydrogen-bond donors (Lipinski definition) is 1. The zero-order chi connectivity index (χ0) is 13.9. The minimum atomic E-state index is 0.265. The van der Waals surface area contributed by atoms with Gasteiger partial charge in [-0.15, -0.1) is 0 Å². The van der Waals surface area contributed by atoms with Crippen molar-refractivity contribution in [2.24, 2.45) is 0 Å². The van der Waals surface area contributed by atoms with Crippen LogP contribution in [0.1, 0.15) is 49.3 Å². The first-order valence-electron chi connectivity index (χ1n) is 7.51. The van der Waals surface area contributed by atoms with Gasteiger partial charge in [0.05, 0.1) is 6.04 Å². The fourth-order valence-electron chi connectivity index (χ4n) is 3.75. The molecule has 0 heterocycles. The Morgan fingerprint density at radius 3 is 2.37 bits per heavy atom. The largest absolute Gasteiger partial charge is 0.311 e. The third-order valence-electron chi connectivity index (χ3n) is 4.81. The SMILES string of the molecule is CNC(c1cccc(C)c1)C1(N(C)C)CCCCC1. The second-order valence-electron chi connectivity index (χ2n) is 6.19. The summed E-state index contributed by atoms with van der Waals surface area (Å²) in [5.74, 6) is 0. The molecule has 1 aromatic carbocycles. The van der Waals surface area contributed by atoms with E-state index >= 15 is 0 Å². The Labute approximate surface area is 118 Å². The van der Waals surface area contributed by atoms with Crippen molar-refractivity contribution in [3.8, 4) is 0 Å². The van der Waals surface area contributed by atoms with Gasteiger partial charge in [-0.2, -0.15) is 0 Å². The van der Waals surface area contributed by atoms with E-state index in [1.165, 1.54) is 43.2 Å². The minimum absolute atomic E-state index is 0.265. The van der Waals surface area contributed by atoms with Crippen molar-refractivity contribution in [1.82, 2.24) is 10.2 Å². The van der Waals surface area contributed by atoms with Crippen LogP contribution in [-0.2, 0) is 0 Å². The van der Waals surface area contributed by atoms with Crippen molar-refractivity contribution < 1.29 is 0 Å². The molecular weight excluding hydrogens is 232 g/mol. The standard InChI is InChI=1S/C17H28N2/c1-14-9-8-10-15(13-14)16(18-2)17(19(3)4)11-6-5-7-12-17/h8-10,13,16,18H,5-7,11-12H2,1-4H3. The van der Waals surface area contributed by atoms with Gasteiger partial charge in [-0.25, -0.2) is 0 Å². The topological polar surface area (TPSA) is 15.3 Å². The number of likely N-dealkylation sites (N-methyl/N-ethyl adjacent to an activating group) is 2. The highest BCUT2D eigenvalue weighted by molar-refractivity contribution is 5.28. The maximum Gasteiger partial charge on any atom is 0.0504 e. The first kappa shape index (κ1) is 14.5. The van der Waals surface area contributed by atoms with Crippen LogP contribution in [0.2, 0.25) is 0 Å². The molecule has 0 amide bonds. The minimum Gasteiger partial charge on any atom is -0.311 e. The Morgan fingerprint density at radius 1 is 1.16 bits per heavy atom. The van der Waals surface area contributed by atoms with Gasteiger partial charge in [0, 0.05) is 5.54 Å². The first-order valence-corrected chi connectivity index (χ1v) is 7.51. The lowest BCUT2D eigenvalue weighted by Crippen LogP contribution is -2.54. The second-order valence-corrected chi connectivity index (χ2v) is 6.19. The van der Waals surface area contributed by atoms with E-state index in [1.807, 2.05) is 0 Å². The van der Waals surface area contributed by atoms with E-state index in [0.29, 0.717) is 6.04 Å². The van der Waals surface area contributed by atoms with Gasteiger partial charge < -0.3 is 10.2 Å². The van der Waals surface area contributed by atoms with Crippen molar-refractivity contribution in [1.29, 1.82) is 0 Å². The Balaban J connectivity index is 2.37. The van der Waals surface area contributed by atoms with Crippen LogP contribution in [0.4, 0.5) is 0 Å². The quantitative estimate of drug-likeness (QED) is 0.891. The fourth-order valence-corrected chi connectivity index (χ4v) is 3.75. The van der Waals surface area contributed by atoms with Crippen molar-refractivity contribution in [2.75, 3.05) is 21.1 Å². The van der Waals surface area contributed by atoms with Crippen molar-refractivity contribution in [3.05, 3.63) is 35.4 Å². The molecule has 19 heavy (non-hydrogen) atoms. The van der Waals surface area contributed by atoms with E-state index in [1.54, 1.807) is 0 Å². The Kier molecular flexibility index (Phi) is 4.64. The molecule has 0 spiro atoms. The average molecular weight is 260 g/mol. The average Bonchev–Trinajstić information content (AvgIpc) is 2.40. The van der Waals surface area contributed by atoms with Crippen molar-refractivity contribution in [2.45, 2.75) is 50.6 Å². The highest BCUT2D eigenvalue weighted by atomic mass is 15.2. The summed E-state index contributed by atoms with van der Waals surface area (Å²) in [7, 11) is 6.59. The monoisotopic (exact) mass is 260 g/mol. The molecule has 106 valence electrons. The van der Waals surface area contributed by atoms with Gasteiger partial charge >= 0.3 is 0 Å². The van der Waals surface area contributed by atoms with E-state index < -0.39 is 0 Å². The first-order chi connectivity index (χ1) is 9.10. The molecule has 1 aliphatic rings. The lowest BCUT2D eigenvalue weighted by atomic mass is 9.73. The molecule has 1 fully saturated rings. The highest BCUT2D eigenvalue weighted by Crippen LogP contribution is 2.41. The van der Waals surface area contributed by atoms with E-state index in [2.05, 4.69) is 62.5 Å². The number of rotatable bonds is 4. The van der Waals surface area contributed by atoms with Gasteiger partial charge in [0.1, 0.15) is 0 Å². The number of aryl methyl sites for hydroxylation is 1.